The van der Waals surface area contributed by atoms with Gasteiger partial charge in [0.2, 0.25) is 0 Å². The lowest BCUT2D eigenvalue weighted by atomic mass is 10.0. The van der Waals surface area contributed by atoms with Crippen LogP contribution < -0.4 is 0 Å². The van der Waals surface area contributed by atoms with Gasteiger partial charge in [-0.05, 0) is 31.9 Å². The Balaban J connectivity index is 1.87. The van der Waals surface area contributed by atoms with E-state index in [4.69, 9.17) is 9.47 Å². The monoisotopic (exact) mass is 232 g/mol. The maximum absolute atomic E-state index is 5.44. The Morgan fingerprint density at radius 3 is 2.67 bits per heavy atom. The molecule has 0 aliphatic heterocycles. The SMILES string of the molecule is COC(C)OCCCSC1CCCCC1. The van der Waals surface area contributed by atoms with Crippen molar-refractivity contribution in [3.05, 3.63) is 0 Å². The normalized spacial score (nSPS) is 20.4. The Morgan fingerprint density at radius 1 is 1.27 bits per heavy atom. The van der Waals surface area contributed by atoms with Crippen LogP contribution in [0.2, 0.25) is 0 Å². The van der Waals surface area contributed by atoms with E-state index in [9.17, 15) is 0 Å². The largest absolute Gasteiger partial charge is 0.356 e. The first kappa shape index (κ1) is 13.3. The molecular formula is C12H24O2S. The van der Waals surface area contributed by atoms with Crippen LogP contribution in [0.15, 0.2) is 0 Å². The topological polar surface area (TPSA) is 18.5 Å². The van der Waals surface area contributed by atoms with Gasteiger partial charge in [-0.25, -0.2) is 0 Å². The van der Waals surface area contributed by atoms with Crippen LogP contribution in [0.25, 0.3) is 0 Å². The molecule has 15 heavy (non-hydrogen) atoms. The van der Waals surface area contributed by atoms with Crippen molar-refractivity contribution in [2.24, 2.45) is 0 Å². The van der Waals surface area contributed by atoms with Crippen LogP contribution in [0.3, 0.4) is 0 Å². The quantitative estimate of drug-likeness (QED) is 0.495. The lowest BCUT2D eigenvalue weighted by molar-refractivity contribution is -0.110. The van der Waals surface area contributed by atoms with E-state index in [-0.39, 0.29) is 6.29 Å². The van der Waals surface area contributed by atoms with Crippen LogP contribution in [0.1, 0.15) is 45.4 Å². The van der Waals surface area contributed by atoms with Gasteiger partial charge < -0.3 is 9.47 Å². The van der Waals surface area contributed by atoms with Gasteiger partial charge in [0.15, 0.2) is 6.29 Å². The Kier molecular flexibility index (Phi) is 7.49. The second-order valence-corrected chi connectivity index (χ2v) is 5.57. The highest BCUT2D eigenvalue weighted by Gasteiger charge is 2.12. The number of hydrogen-bond donors (Lipinski definition) is 0. The zero-order valence-corrected chi connectivity index (χ0v) is 10.9. The van der Waals surface area contributed by atoms with E-state index in [1.165, 1.54) is 37.9 Å². The Bertz CT molecular complexity index is 147. The standard InChI is InChI=1S/C12H24O2S/c1-11(13-2)14-9-6-10-15-12-7-4-3-5-8-12/h11-12H,3-10H2,1-2H3. The van der Waals surface area contributed by atoms with Crippen LogP contribution in [-0.4, -0.2) is 31.0 Å². The van der Waals surface area contributed by atoms with Crippen molar-refractivity contribution in [1.82, 2.24) is 0 Å². The summed E-state index contributed by atoms with van der Waals surface area (Å²) in [5.74, 6) is 1.24. The van der Waals surface area contributed by atoms with Crippen molar-refractivity contribution < 1.29 is 9.47 Å². The highest BCUT2D eigenvalue weighted by Crippen LogP contribution is 2.28. The minimum atomic E-state index is -0.0512. The fraction of sp³-hybridized carbons (Fsp3) is 1.00. The van der Waals surface area contributed by atoms with E-state index < -0.39 is 0 Å². The third-order valence-corrected chi connectivity index (χ3v) is 4.35. The lowest BCUT2D eigenvalue weighted by Crippen LogP contribution is -2.12. The van der Waals surface area contributed by atoms with Gasteiger partial charge >= 0.3 is 0 Å². The number of thioether (sulfide) groups is 1. The first-order valence-electron chi connectivity index (χ1n) is 6.09. The maximum Gasteiger partial charge on any atom is 0.154 e. The highest BCUT2D eigenvalue weighted by molar-refractivity contribution is 7.99. The van der Waals surface area contributed by atoms with Crippen LogP contribution in [0, 0.1) is 0 Å². The van der Waals surface area contributed by atoms with Crippen LogP contribution in [0.5, 0.6) is 0 Å². The highest BCUT2D eigenvalue weighted by atomic mass is 32.2. The van der Waals surface area contributed by atoms with Crippen molar-refractivity contribution in [1.29, 1.82) is 0 Å². The smallest absolute Gasteiger partial charge is 0.154 e. The van der Waals surface area contributed by atoms with Gasteiger partial charge in [-0.15, -0.1) is 0 Å². The summed E-state index contributed by atoms with van der Waals surface area (Å²) in [7, 11) is 1.68. The summed E-state index contributed by atoms with van der Waals surface area (Å²) in [6, 6.07) is 0. The Morgan fingerprint density at radius 2 is 2.00 bits per heavy atom. The maximum atomic E-state index is 5.44. The minimum Gasteiger partial charge on any atom is -0.356 e. The van der Waals surface area contributed by atoms with Crippen LogP contribution in [-0.2, 0) is 9.47 Å². The summed E-state index contributed by atoms with van der Waals surface area (Å²) in [6.45, 7) is 2.77. The fourth-order valence-corrected chi connectivity index (χ4v) is 3.14. The molecule has 3 heteroatoms. The second-order valence-electron chi connectivity index (χ2n) is 4.16. The van der Waals surface area contributed by atoms with E-state index in [1.807, 2.05) is 6.92 Å². The zero-order chi connectivity index (χ0) is 10.9. The molecule has 1 aliphatic carbocycles. The molecule has 0 bridgehead atoms. The second kappa shape index (κ2) is 8.43. The Labute approximate surface area is 98.1 Å². The van der Waals surface area contributed by atoms with E-state index in [0.29, 0.717) is 0 Å². The molecule has 1 atom stereocenters. The van der Waals surface area contributed by atoms with Gasteiger partial charge in [-0.1, -0.05) is 19.3 Å². The number of ether oxygens (including phenoxy) is 2. The molecule has 0 aromatic heterocycles. The summed E-state index contributed by atoms with van der Waals surface area (Å²) in [5, 5.41) is 0.929. The number of hydrogen-bond acceptors (Lipinski definition) is 3. The first-order chi connectivity index (χ1) is 7.33. The van der Waals surface area contributed by atoms with Gasteiger partial charge in [-0.3, -0.25) is 0 Å². The van der Waals surface area contributed by atoms with Crippen molar-refractivity contribution in [2.75, 3.05) is 19.5 Å². The number of rotatable bonds is 7. The van der Waals surface area contributed by atoms with Gasteiger partial charge in [0.05, 0.1) is 6.61 Å². The molecule has 0 heterocycles. The molecule has 1 rings (SSSR count). The van der Waals surface area contributed by atoms with Crippen molar-refractivity contribution in [3.8, 4) is 0 Å². The predicted molar refractivity (Wildman–Crippen MR) is 66.4 cm³/mol. The summed E-state index contributed by atoms with van der Waals surface area (Å²) in [5.41, 5.74) is 0. The molecule has 1 unspecified atom stereocenters. The third kappa shape index (κ3) is 6.44. The van der Waals surface area contributed by atoms with E-state index in [0.717, 1.165) is 18.3 Å². The summed E-state index contributed by atoms with van der Waals surface area (Å²) >= 11 is 2.14. The average Bonchev–Trinajstić information content (AvgIpc) is 2.29. The molecular weight excluding hydrogens is 208 g/mol. The molecule has 0 radical (unpaired) electrons. The molecule has 0 aromatic carbocycles. The molecule has 90 valence electrons. The van der Waals surface area contributed by atoms with Crippen molar-refractivity contribution in [2.45, 2.75) is 57.0 Å². The van der Waals surface area contributed by atoms with Crippen molar-refractivity contribution >= 4 is 11.8 Å². The summed E-state index contributed by atoms with van der Waals surface area (Å²) < 4.78 is 10.5. The molecule has 1 aliphatic rings. The van der Waals surface area contributed by atoms with Crippen LogP contribution >= 0.6 is 11.8 Å². The third-order valence-electron chi connectivity index (χ3n) is 2.88. The zero-order valence-electron chi connectivity index (χ0n) is 10.0. The molecule has 2 nitrogen and oxygen atoms in total. The molecule has 1 saturated carbocycles. The van der Waals surface area contributed by atoms with E-state index in [1.54, 1.807) is 7.11 Å². The molecule has 0 amide bonds. The summed E-state index contributed by atoms with van der Waals surface area (Å²) in [4.78, 5) is 0. The van der Waals surface area contributed by atoms with Gasteiger partial charge in [0.25, 0.3) is 0 Å². The molecule has 0 saturated heterocycles. The first-order valence-corrected chi connectivity index (χ1v) is 7.14. The minimum absolute atomic E-state index is 0.0512. The van der Waals surface area contributed by atoms with E-state index >= 15 is 0 Å². The van der Waals surface area contributed by atoms with Gasteiger partial charge in [0.1, 0.15) is 0 Å². The van der Waals surface area contributed by atoms with Gasteiger partial charge in [0, 0.05) is 12.4 Å². The van der Waals surface area contributed by atoms with Gasteiger partial charge in [-0.2, -0.15) is 11.8 Å². The number of methoxy groups -OCH3 is 1. The predicted octanol–water partition coefficient (Wildman–Crippen LogP) is 3.45. The Hall–Kier alpha value is 0.270. The fourth-order valence-electron chi connectivity index (χ4n) is 1.86. The molecule has 0 aromatic rings. The molecule has 0 N–H and O–H groups in total. The van der Waals surface area contributed by atoms with Crippen LogP contribution in [0.4, 0.5) is 0 Å². The van der Waals surface area contributed by atoms with Crippen molar-refractivity contribution in [3.63, 3.8) is 0 Å². The summed E-state index contributed by atoms with van der Waals surface area (Å²) in [6.07, 6.45) is 8.29. The lowest BCUT2D eigenvalue weighted by Gasteiger charge is -2.20. The average molecular weight is 232 g/mol. The molecule has 0 spiro atoms. The molecule has 1 fully saturated rings. The van der Waals surface area contributed by atoms with E-state index in [2.05, 4.69) is 11.8 Å².